The topological polar surface area (TPSA) is 60.8 Å². The van der Waals surface area contributed by atoms with Crippen molar-refractivity contribution in [2.75, 3.05) is 13.1 Å². The largest absolute Gasteiger partial charge is 0.392 e. The summed E-state index contributed by atoms with van der Waals surface area (Å²) in [6.07, 6.45) is 2.50. The van der Waals surface area contributed by atoms with Crippen molar-refractivity contribution in [2.24, 2.45) is 11.8 Å². The van der Waals surface area contributed by atoms with Gasteiger partial charge in [0.1, 0.15) is 5.78 Å². The average Bonchev–Trinajstić information content (AvgIpc) is 2.54. The van der Waals surface area contributed by atoms with Crippen molar-refractivity contribution in [3.8, 4) is 0 Å². The first-order chi connectivity index (χ1) is 11.5. The zero-order valence-corrected chi connectivity index (χ0v) is 15.0. The third kappa shape index (κ3) is 3.03. The van der Waals surface area contributed by atoms with Crippen LogP contribution < -0.4 is 0 Å². The number of fused-ring (bicyclic) bond motifs is 3. The fraction of sp³-hybridized carbons (Fsp3) is 0.650. The van der Waals surface area contributed by atoms with Gasteiger partial charge in [-0.2, -0.15) is 0 Å². The number of piperidine rings is 1. The van der Waals surface area contributed by atoms with Gasteiger partial charge in [0.2, 0.25) is 0 Å². The number of aliphatic hydroxyl groups is 2. The molecule has 0 amide bonds. The summed E-state index contributed by atoms with van der Waals surface area (Å²) >= 11 is 0. The molecule has 1 aromatic carbocycles. The second-order valence-electron chi connectivity index (χ2n) is 7.79. The van der Waals surface area contributed by atoms with E-state index in [9.17, 15) is 15.0 Å². The maximum Gasteiger partial charge on any atom is 0.139 e. The van der Waals surface area contributed by atoms with Gasteiger partial charge in [0.15, 0.2) is 0 Å². The summed E-state index contributed by atoms with van der Waals surface area (Å²) in [5, 5.41) is 19.3. The average molecular weight is 331 g/mol. The van der Waals surface area contributed by atoms with Gasteiger partial charge in [-0.15, -0.1) is 0 Å². The standard InChI is InChI=1S/C20H29NO3/c1-12(2)6-15-9-21-5-4-14-7-16(10-22)17(11-23)13(3)20(14)18(21)8-19(15)24/h7,12,15,18,22-23H,4-6,8-11H2,1-3H3/t15-,18+/m0/s1. The highest BCUT2D eigenvalue weighted by molar-refractivity contribution is 5.83. The quantitative estimate of drug-likeness (QED) is 0.890. The molecule has 2 N–H and O–H groups in total. The molecule has 1 saturated heterocycles. The molecule has 2 aliphatic rings. The van der Waals surface area contributed by atoms with E-state index in [4.69, 9.17) is 0 Å². The number of Topliss-reactive ketones (excluding diaryl/α,β-unsaturated/α-hetero) is 1. The summed E-state index contributed by atoms with van der Waals surface area (Å²) in [4.78, 5) is 15.1. The van der Waals surface area contributed by atoms with E-state index in [0.29, 0.717) is 18.1 Å². The molecule has 0 saturated carbocycles. The van der Waals surface area contributed by atoms with Gasteiger partial charge in [0, 0.05) is 31.5 Å². The molecule has 132 valence electrons. The molecule has 0 aromatic heterocycles. The number of hydrogen-bond donors (Lipinski definition) is 2. The Bertz CT molecular complexity index is 638. The van der Waals surface area contributed by atoms with Crippen LogP contribution in [0.15, 0.2) is 6.07 Å². The molecule has 1 aromatic rings. The third-order valence-electron chi connectivity index (χ3n) is 5.77. The van der Waals surface area contributed by atoms with Gasteiger partial charge in [0.25, 0.3) is 0 Å². The van der Waals surface area contributed by atoms with Crippen molar-refractivity contribution < 1.29 is 15.0 Å². The predicted octanol–water partition coefficient (Wildman–Crippen LogP) is 2.51. The van der Waals surface area contributed by atoms with E-state index in [2.05, 4.69) is 18.7 Å². The summed E-state index contributed by atoms with van der Waals surface area (Å²) in [5.41, 5.74) is 5.17. The van der Waals surface area contributed by atoms with E-state index in [-0.39, 0.29) is 25.2 Å². The summed E-state index contributed by atoms with van der Waals surface area (Å²) in [6, 6.07) is 2.18. The highest BCUT2D eigenvalue weighted by atomic mass is 16.3. The molecular formula is C20H29NO3. The lowest BCUT2D eigenvalue weighted by Gasteiger charge is -2.44. The molecule has 24 heavy (non-hydrogen) atoms. The molecular weight excluding hydrogens is 302 g/mol. The Balaban J connectivity index is 1.96. The van der Waals surface area contributed by atoms with E-state index >= 15 is 0 Å². The van der Waals surface area contributed by atoms with Crippen LogP contribution in [0.4, 0.5) is 0 Å². The van der Waals surface area contributed by atoms with E-state index in [1.54, 1.807) is 0 Å². The van der Waals surface area contributed by atoms with Crippen LogP contribution in [0.3, 0.4) is 0 Å². The summed E-state index contributed by atoms with van der Waals surface area (Å²) < 4.78 is 0. The zero-order chi connectivity index (χ0) is 17.4. The van der Waals surface area contributed by atoms with Gasteiger partial charge in [-0.25, -0.2) is 0 Å². The number of benzene rings is 1. The van der Waals surface area contributed by atoms with Gasteiger partial charge in [-0.1, -0.05) is 19.9 Å². The SMILES string of the molecule is Cc1c(CO)c(CO)cc2c1[C@H]1CC(=O)[C@@H](CC(C)C)CN1CC2. The Hall–Kier alpha value is -1.23. The molecule has 0 radical (unpaired) electrons. The monoisotopic (exact) mass is 331 g/mol. The van der Waals surface area contributed by atoms with Crippen molar-refractivity contribution in [1.29, 1.82) is 0 Å². The summed E-state index contributed by atoms with van der Waals surface area (Å²) in [7, 11) is 0. The molecule has 0 bridgehead atoms. The third-order valence-corrected chi connectivity index (χ3v) is 5.77. The van der Waals surface area contributed by atoms with Gasteiger partial charge in [0.05, 0.1) is 13.2 Å². The van der Waals surface area contributed by atoms with E-state index in [1.165, 1.54) is 11.1 Å². The number of hydrogen-bond acceptors (Lipinski definition) is 4. The Morgan fingerprint density at radius 3 is 2.67 bits per heavy atom. The molecule has 0 aliphatic carbocycles. The van der Waals surface area contributed by atoms with Crippen molar-refractivity contribution in [1.82, 2.24) is 4.90 Å². The van der Waals surface area contributed by atoms with E-state index in [1.807, 2.05) is 13.0 Å². The molecule has 0 unspecified atom stereocenters. The highest BCUT2D eigenvalue weighted by Gasteiger charge is 2.39. The van der Waals surface area contributed by atoms with Crippen LogP contribution in [0.2, 0.25) is 0 Å². The van der Waals surface area contributed by atoms with Crippen LogP contribution in [0.1, 0.15) is 60.5 Å². The molecule has 4 nitrogen and oxygen atoms in total. The molecule has 2 atom stereocenters. The van der Waals surface area contributed by atoms with Crippen LogP contribution in [0, 0.1) is 18.8 Å². The maximum absolute atomic E-state index is 12.7. The Morgan fingerprint density at radius 1 is 1.29 bits per heavy atom. The first kappa shape index (κ1) is 17.6. The second-order valence-corrected chi connectivity index (χ2v) is 7.79. The second kappa shape index (κ2) is 6.95. The summed E-state index contributed by atoms with van der Waals surface area (Å²) in [5.74, 6) is 1.09. The van der Waals surface area contributed by atoms with Gasteiger partial charge in [-0.3, -0.25) is 9.69 Å². The zero-order valence-electron chi connectivity index (χ0n) is 15.0. The van der Waals surface area contributed by atoms with Crippen LogP contribution in [-0.4, -0.2) is 34.0 Å². The van der Waals surface area contributed by atoms with Crippen molar-refractivity contribution in [3.63, 3.8) is 0 Å². The van der Waals surface area contributed by atoms with E-state index < -0.39 is 0 Å². The predicted molar refractivity (Wildman–Crippen MR) is 93.6 cm³/mol. The normalized spacial score (nSPS) is 24.2. The van der Waals surface area contributed by atoms with Gasteiger partial charge < -0.3 is 10.2 Å². The number of aliphatic hydroxyl groups excluding tert-OH is 2. The minimum absolute atomic E-state index is 0.0478. The molecule has 3 rings (SSSR count). The van der Waals surface area contributed by atoms with E-state index in [0.717, 1.165) is 42.6 Å². The maximum atomic E-state index is 12.7. The fourth-order valence-corrected chi connectivity index (χ4v) is 4.62. The number of nitrogens with zero attached hydrogens (tertiary/aromatic N) is 1. The minimum Gasteiger partial charge on any atom is -0.392 e. The molecule has 4 heteroatoms. The lowest BCUT2D eigenvalue weighted by Crippen LogP contribution is -2.47. The lowest BCUT2D eigenvalue weighted by atomic mass is 9.77. The number of carbonyl (C=O) groups is 1. The van der Waals surface area contributed by atoms with Gasteiger partial charge in [-0.05, 0) is 53.5 Å². The molecule has 1 fully saturated rings. The van der Waals surface area contributed by atoms with Gasteiger partial charge >= 0.3 is 0 Å². The molecule has 2 aliphatic heterocycles. The fourth-order valence-electron chi connectivity index (χ4n) is 4.62. The van der Waals surface area contributed by atoms with Crippen molar-refractivity contribution >= 4 is 5.78 Å². The van der Waals surface area contributed by atoms with Crippen molar-refractivity contribution in [3.05, 3.63) is 33.9 Å². The Morgan fingerprint density at radius 2 is 2.04 bits per heavy atom. The summed E-state index contributed by atoms with van der Waals surface area (Å²) in [6.45, 7) is 8.11. The first-order valence-corrected chi connectivity index (χ1v) is 9.08. The minimum atomic E-state index is -0.0638. The lowest BCUT2D eigenvalue weighted by molar-refractivity contribution is -0.129. The Kier molecular flexibility index (Phi) is 5.09. The Labute approximate surface area is 144 Å². The highest BCUT2D eigenvalue weighted by Crippen LogP contribution is 2.41. The number of carbonyl (C=O) groups excluding carboxylic acids is 1. The number of ketones is 1. The van der Waals surface area contributed by atoms with Crippen LogP contribution in [0.5, 0.6) is 0 Å². The molecule has 0 spiro atoms. The smallest absolute Gasteiger partial charge is 0.139 e. The first-order valence-electron chi connectivity index (χ1n) is 9.08. The van der Waals surface area contributed by atoms with Crippen LogP contribution in [-0.2, 0) is 24.4 Å². The number of rotatable bonds is 4. The van der Waals surface area contributed by atoms with Crippen LogP contribution in [0.25, 0.3) is 0 Å². The van der Waals surface area contributed by atoms with Crippen molar-refractivity contribution in [2.45, 2.75) is 59.3 Å². The molecule has 2 heterocycles. The van der Waals surface area contributed by atoms with Crippen LogP contribution >= 0.6 is 0 Å².